The fourth-order valence-corrected chi connectivity index (χ4v) is 3.61. The Bertz CT molecular complexity index is 379. The largest absolute Gasteiger partial charge is 0.389 e. The first-order valence-corrected chi connectivity index (χ1v) is 9.68. The van der Waals surface area contributed by atoms with E-state index < -0.39 is 6.10 Å². The van der Waals surface area contributed by atoms with Gasteiger partial charge in [0, 0.05) is 25.6 Å². The number of hydrogen-bond acceptors (Lipinski definition) is 4. The molecule has 1 unspecified atom stereocenters. The summed E-state index contributed by atoms with van der Waals surface area (Å²) in [7, 11) is 0. The summed E-state index contributed by atoms with van der Waals surface area (Å²) in [5.74, 6) is 0.551. The van der Waals surface area contributed by atoms with E-state index in [1.54, 1.807) is 0 Å². The molecule has 0 bridgehead atoms. The molecule has 0 aromatic carbocycles. The third-order valence-electron chi connectivity index (χ3n) is 5.03. The molecule has 2 aliphatic heterocycles. The molecule has 5 heteroatoms. The second kappa shape index (κ2) is 9.16. The van der Waals surface area contributed by atoms with Gasteiger partial charge in [0.2, 0.25) is 5.91 Å². The van der Waals surface area contributed by atoms with E-state index in [0.29, 0.717) is 19.1 Å². The number of carbonyl (C=O) groups is 1. The summed E-state index contributed by atoms with van der Waals surface area (Å²) in [6.45, 7) is 10.7. The van der Waals surface area contributed by atoms with E-state index in [4.69, 9.17) is 4.74 Å². The number of rotatable bonds is 5. The lowest BCUT2D eigenvalue weighted by Crippen LogP contribution is -2.45. The fourth-order valence-electron chi connectivity index (χ4n) is 3.61. The van der Waals surface area contributed by atoms with Gasteiger partial charge in [-0.3, -0.25) is 4.79 Å². The van der Waals surface area contributed by atoms with Crippen LogP contribution in [0.2, 0.25) is 0 Å². The summed E-state index contributed by atoms with van der Waals surface area (Å²) in [5, 5.41) is 10.1. The van der Waals surface area contributed by atoms with Gasteiger partial charge in [-0.25, -0.2) is 0 Å². The lowest BCUT2D eigenvalue weighted by Gasteiger charge is -2.35. The number of ether oxygens (including phenoxy) is 1. The van der Waals surface area contributed by atoms with Gasteiger partial charge in [-0.2, -0.15) is 0 Å². The number of nitrogens with zero attached hydrogens (tertiary/aromatic N) is 2. The van der Waals surface area contributed by atoms with E-state index in [2.05, 4.69) is 9.80 Å². The van der Waals surface area contributed by atoms with Crippen molar-refractivity contribution in [2.24, 2.45) is 5.92 Å². The normalized spacial score (nSPS) is 23.1. The van der Waals surface area contributed by atoms with Crippen LogP contribution in [0.4, 0.5) is 0 Å². The highest BCUT2D eigenvalue weighted by atomic mass is 16.5. The molecule has 0 spiro atoms. The molecule has 5 nitrogen and oxygen atoms in total. The predicted octanol–water partition coefficient (Wildman–Crippen LogP) is 2.28. The molecule has 2 fully saturated rings. The summed E-state index contributed by atoms with van der Waals surface area (Å²) < 4.78 is 5.65. The zero-order chi connectivity index (χ0) is 17.6. The lowest BCUT2D eigenvalue weighted by molar-refractivity contribution is -0.137. The standard InChI is InChI=1S/C19H36N2O3/c1-19(2,3)24-15-17(22)14-20-12-8-16(9-13-20)18(23)21-10-6-4-5-7-11-21/h16-17,22H,4-15H2,1-3H3. The Labute approximate surface area is 147 Å². The molecule has 24 heavy (non-hydrogen) atoms. The number of hydrogen-bond donors (Lipinski definition) is 1. The Hall–Kier alpha value is -0.650. The van der Waals surface area contributed by atoms with Crippen LogP contribution in [-0.4, -0.2) is 71.8 Å². The highest BCUT2D eigenvalue weighted by molar-refractivity contribution is 5.79. The maximum Gasteiger partial charge on any atom is 0.225 e. The van der Waals surface area contributed by atoms with Crippen molar-refractivity contribution < 1.29 is 14.6 Å². The Balaban J connectivity index is 1.69. The van der Waals surface area contributed by atoms with E-state index in [0.717, 1.165) is 51.9 Å². The highest BCUT2D eigenvalue weighted by Gasteiger charge is 2.29. The molecule has 1 amide bonds. The van der Waals surface area contributed by atoms with Crippen molar-refractivity contribution in [1.82, 2.24) is 9.80 Å². The molecule has 1 atom stereocenters. The molecular formula is C19H36N2O3. The summed E-state index contributed by atoms with van der Waals surface area (Å²) in [5.41, 5.74) is -0.215. The number of aliphatic hydroxyl groups is 1. The van der Waals surface area contributed by atoms with E-state index in [1.807, 2.05) is 20.8 Å². The molecule has 0 saturated carbocycles. The van der Waals surface area contributed by atoms with Gasteiger partial charge in [0.25, 0.3) is 0 Å². The molecule has 2 heterocycles. The van der Waals surface area contributed by atoms with Crippen molar-refractivity contribution in [2.45, 2.75) is 71.0 Å². The molecular weight excluding hydrogens is 304 g/mol. The van der Waals surface area contributed by atoms with E-state index in [-0.39, 0.29) is 11.5 Å². The quantitative estimate of drug-likeness (QED) is 0.834. The van der Waals surface area contributed by atoms with Gasteiger partial charge in [0.05, 0.1) is 18.3 Å². The highest BCUT2D eigenvalue weighted by Crippen LogP contribution is 2.22. The van der Waals surface area contributed by atoms with Crippen LogP contribution < -0.4 is 0 Å². The van der Waals surface area contributed by atoms with Gasteiger partial charge in [-0.1, -0.05) is 12.8 Å². The summed E-state index contributed by atoms with van der Waals surface area (Å²) in [4.78, 5) is 17.0. The maximum atomic E-state index is 12.7. The molecule has 1 N–H and O–H groups in total. The van der Waals surface area contributed by atoms with Crippen molar-refractivity contribution in [3.63, 3.8) is 0 Å². The van der Waals surface area contributed by atoms with E-state index in [1.165, 1.54) is 12.8 Å². The van der Waals surface area contributed by atoms with Gasteiger partial charge in [0.15, 0.2) is 0 Å². The van der Waals surface area contributed by atoms with Crippen LogP contribution in [0.3, 0.4) is 0 Å². The zero-order valence-corrected chi connectivity index (χ0v) is 15.8. The number of piperidine rings is 1. The third-order valence-corrected chi connectivity index (χ3v) is 5.03. The average Bonchev–Trinajstić information content (AvgIpc) is 2.82. The first-order valence-electron chi connectivity index (χ1n) is 9.68. The Morgan fingerprint density at radius 2 is 1.67 bits per heavy atom. The second-order valence-corrected chi connectivity index (χ2v) is 8.39. The van der Waals surface area contributed by atoms with Crippen molar-refractivity contribution in [3.05, 3.63) is 0 Å². The molecule has 0 aliphatic carbocycles. The smallest absolute Gasteiger partial charge is 0.225 e. The van der Waals surface area contributed by atoms with E-state index >= 15 is 0 Å². The zero-order valence-electron chi connectivity index (χ0n) is 15.8. The summed E-state index contributed by atoms with van der Waals surface area (Å²) in [6.07, 6.45) is 6.22. The van der Waals surface area contributed by atoms with E-state index in [9.17, 15) is 9.90 Å². The number of aliphatic hydroxyl groups excluding tert-OH is 1. The van der Waals surface area contributed by atoms with Crippen molar-refractivity contribution in [2.75, 3.05) is 39.3 Å². The van der Waals surface area contributed by atoms with Gasteiger partial charge in [-0.15, -0.1) is 0 Å². The number of amides is 1. The van der Waals surface area contributed by atoms with Crippen molar-refractivity contribution >= 4 is 5.91 Å². The minimum absolute atomic E-state index is 0.183. The lowest BCUT2D eigenvalue weighted by atomic mass is 9.95. The van der Waals surface area contributed by atoms with Crippen LogP contribution in [0, 0.1) is 5.92 Å². The minimum Gasteiger partial charge on any atom is -0.389 e. The first kappa shape index (κ1) is 19.7. The minimum atomic E-state index is -0.456. The number of carbonyl (C=O) groups excluding carboxylic acids is 1. The number of β-amino-alcohol motifs (C(OH)–C–C–N with tert-alkyl or cyclic N) is 1. The molecule has 0 radical (unpaired) electrons. The second-order valence-electron chi connectivity index (χ2n) is 8.39. The molecule has 2 saturated heterocycles. The van der Waals surface area contributed by atoms with Crippen LogP contribution in [0.1, 0.15) is 59.3 Å². The van der Waals surface area contributed by atoms with Crippen molar-refractivity contribution in [1.29, 1.82) is 0 Å². The average molecular weight is 341 g/mol. The molecule has 2 aliphatic rings. The van der Waals surface area contributed by atoms with Crippen molar-refractivity contribution in [3.8, 4) is 0 Å². The molecule has 0 aromatic heterocycles. The Morgan fingerprint density at radius 3 is 2.21 bits per heavy atom. The van der Waals surface area contributed by atoms with Crippen LogP contribution in [-0.2, 0) is 9.53 Å². The van der Waals surface area contributed by atoms with Crippen LogP contribution in [0.15, 0.2) is 0 Å². The Morgan fingerprint density at radius 1 is 1.08 bits per heavy atom. The maximum absolute atomic E-state index is 12.7. The first-order chi connectivity index (χ1) is 11.3. The van der Waals surface area contributed by atoms with Gasteiger partial charge >= 0.3 is 0 Å². The van der Waals surface area contributed by atoms with Crippen LogP contribution in [0.5, 0.6) is 0 Å². The van der Waals surface area contributed by atoms with Crippen LogP contribution >= 0.6 is 0 Å². The SMILES string of the molecule is CC(C)(C)OCC(O)CN1CCC(C(=O)N2CCCCCC2)CC1. The topological polar surface area (TPSA) is 53.0 Å². The summed E-state index contributed by atoms with van der Waals surface area (Å²) in [6, 6.07) is 0. The summed E-state index contributed by atoms with van der Waals surface area (Å²) >= 11 is 0. The Kier molecular flexibility index (Phi) is 7.51. The molecule has 140 valence electrons. The predicted molar refractivity (Wildman–Crippen MR) is 95.9 cm³/mol. The fraction of sp³-hybridized carbons (Fsp3) is 0.947. The number of likely N-dealkylation sites (tertiary alicyclic amines) is 2. The molecule has 0 aromatic rings. The van der Waals surface area contributed by atoms with Gasteiger partial charge in [0.1, 0.15) is 0 Å². The van der Waals surface area contributed by atoms with Gasteiger partial charge in [-0.05, 0) is 59.5 Å². The monoisotopic (exact) mass is 340 g/mol. The van der Waals surface area contributed by atoms with Gasteiger partial charge < -0.3 is 19.6 Å². The molecule has 2 rings (SSSR count). The third kappa shape index (κ3) is 6.69. The van der Waals surface area contributed by atoms with Crippen LogP contribution in [0.25, 0.3) is 0 Å².